The lowest BCUT2D eigenvalue weighted by Gasteiger charge is -2.07. The molecule has 0 bridgehead atoms. The summed E-state index contributed by atoms with van der Waals surface area (Å²) in [6.07, 6.45) is 1.66. The van der Waals surface area contributed by atoms with E-state index in [0.717, 1.165) is 22.6 Å². The highest BCUT2D eigenvalue weighted by molar-refractivity contribution is 5.85. The average molecular weight is 370 g/mol. The number of aromatic nitrogens is 1. The minimum Gasteiger partial charge on any atom is -0.497 e. The quantitative estimate of drug-likeness (QED) is 0.630. The van der Waals surface area contributed by atoms with Gasteiger partial charge in [-0.2, -0.15) is 10.5 Å². The van der Waals surface area contributed by atoms with Crippen LogP contribution in [-0.4, -0.2) is 25.0 Å². The third-order valence-electron chi connectivity index (χ3n) is 4.40. The molecule has 6 nitrogen and oxygen atoms in total. The van der Waals surface area contributed by atoms with Crippen LogP contribution >= 0.6 is 0 Å². The number of methoxy groups -OCH3 is 2. The van der Waals surface area contributed by atoms with Crippen molar-refractivity contribution >= 4 is 12.0 Å². The van der Waals surface area contributed by atoms with E-state index in [2.05, 4.69) is 17.1 Å². The molecule has 28 heavy (non-hydrogen) atoms. The molecule has 1 aromatic heterocycles. The molecule has 0 saturated carbocycles. The van der Waals surface area contributed by atoms with Crippen LogP contribution in [-0.2, 0) is 7.05 Å². The fraction of sp³-hybridized carbons (Fsp3) is 0.136. The van der Waals surface area contributed by atoms with Crippen molar-refractivity contribution in [3.05, 3.63) is 65.2 Å². The van der Waals surface area contributed by atoms with Gasteiger partial charge in [0, 0.05) is 13.3 Å². The molecule has 0 aliphatic carbocycles. The lowest BCUT2D eigenvalue weighted by molar-refractivity contribution is 0.414. The fourth-order valence-electron chi connectivity index (χ4n) is 2.95. The zero-order chi connectivity index (χ0) is 20.1. The predicted octanol–water partition coefficient (Wildman–Crippen LogP) is 4.20. The van der Waals surface area contributed by atoms with E-state index >= 15 is 0 Å². The molecule has 138 valence electrons. The second-order valence-corrected chi connectivity index (χ2v) is 5.96. The highest BCUT2D eigenvalue weighted by atomic mass is 16.5. The van der Waals surface area contributed by atoms with Crippen LogP contribution in [0.2, 0.25) is 0 Å². The van der Waals surface area contributed by atoms with E-state index in [4.69, 9.17) is 9.47 Å². The molecule has 0 fully saturated rings. The summed E-state index contributed by atoms with van der Waals surface area (Å²) in [6.45, 7) is 0. The van der Waals surface area contributed by atoms with E-state index < -0.39 is 0 Å². The van der Waals surface area contributed by atoms with Crippen molar-refractivity contribution < 1.29 is 9.47 Å². The first-order chi connectivity index (χ1) is 13.6. The number of hydrogen-bond donors (Lipinski definition) is 0. The monoisotopic (exact) mass is 370 g/mol. The van der Waals surface area contributed by atoms with E-state index in [1.165, 1.54) is 0 Å². The van der Waals surface area contributed by atoms with Crippen molar-refractivity contribution in [3.63, 3.8) is 0 Å². The summed E-state index contributed by atoms with van der Waals surface area (Å²) in [7, 11) is 5.00. The first-order valence-electron chi connectivity index (χ1n) is 8.48. The van der Waals surface area contributed by atoms with Gasteiger partial charge in [0.15, 0.2) is 5.82 Å². The summed E-state index contributed by atoms with van der Waals surface area (Å²) in [4.78, 5) is 4.49. The van der Waals surface area contributed by atoms with E-state index in [9.17, 15) is 10.5 Å². The summed E-state index contributed by atoms with van der Waals surface area (Å²) < 4.78 is 12.1. The highest BCUT2D eigenvalue weighted by Crippen LogP contribution is 2.35. The van der Waals surface area contributed by atoms with Gasteiger partial charge in [-0.1, -0.05) is 0 Å². The number of rotatable bonds is 5. The normalized spacial score (nSPS) is 10.5. The second kappa shape index (κ2) is 8.11. The van der Waals surface area contributed by atoms with E-state index in [0.29, 0.717) is 17.1 Å². The molecular weight excluding hydrogens is 352 g/mol. The number of nitrogens with zero attached hydrogens (tertiary/aromatic N) is 4. The zero-order valence-electron chi connectivity index (χ0n) is 15.8. The van der Waals surface area contributed by atoms with Gasteiger partial charge in [0.05, 0.1) is 25.5 Å². The van der Waals surface area contributed by atoms with Gasteiger partial charge in [-0.15, -0.1) is 0 Å². The lowest BCUT2D eigenvalue weighted by Crippen LogP contribution is -1.93. The zero-order valence-corrected chi connectivity index (χ0v) is 15.8. The molecule has 0 aliphatic rings. The summed E-state index contributed by atoms with van der Waals surface area (Å²) in [6, 6.07) is 19.0. The van der Waals surface area contributed by atoms with Gasteiger partial charge in [0.25, 0.3) is 0 Å². The lowest BCUT2D eigenvalue weighted by atomic mass is 10.1. The molecule has 6 heteroatoms. The predicted molar refractivity (Wildman–Crippen MR) is 107 cm³/mol. The van der Waals surface area contributed by atoms with Crippen molar-refractivity contribution in [1.82, 2.24) is 4.57 Å². The molecule has 2 aromatic carbocycles. The van der Waals surface area contributed by atoms with Crippen LogP contribution in [0.1, 0.15) is 16.7 Å². The number of hydrogen-bond acceptors (Lipinski definition) is 5. The maximum absolute atomic E-state index is 9.67. The van der Waals surface area contributed by atoms with Crippen molar-refractivity contribution in [3.8, 4) is 34.9 Å². The van der Waals surface area contributed by atoms with Crippen LogP contribution in [0.3, 0.4) is 0 Å². The Hall–Kier alpha value is -4.03. The van der Waals surface area contributed by atoms with Crippen LogP contribution < -0.4 is 9.47 Å². The largest absolute Gasteiger partial charge is 0.497 e. The highest BCUT2D eigenvalue weighted by Gasteiger charge is 2.21. The first-order valence-corrected chi connectivity index (χ1v) is 8.48. The SMILES string of the molecule is COc1ccc(/C=N/c2c(C#N)c(C#N)c(-c3ccc(OC)cc3)n2C)cc1. The minimum atomic E-state index is 0.251. The first kappa shape index (κ1) is 18.8. The molecule has 0 N–H and O–H groups in total. The molecule has 0 saturated heterocycles. The molecule has 0 unspecified atom stereocenters. The van der Waals surface area contributed by atoms with E-state index in [1.54, 1.807) is 32.0 Å². The Morgan fingerprint density at radius 3 is 1.89 bits per heavy atom. The standard InChI is InChI=1S/C22H18N4O2/c1-26-21(16-6-10-18(28-3)11-7-16)19(12-23)20(13-24)22(26)25-14-15-4-8-17(27-2)9-5-15/h4-11,14H,1-3H3/b25-14+. The molecule has 0 amide bonds. The van der Waals surface area contributed by atoms with Crippen LogP contribution in [0.15, 0.2) is 53.5 Å². The van der Waals surface area contributed by atoms with Crippen molar-refractivity contribution in [2.45, 2.75) is 0 Å². The fourth-order valence-corrected chi connectivity index (χ4v) is 2.95. The van der Waals surface area contributed by atoms with Crippen LogP contribution in [0.5, 0.6) is 11.5 Å². The third-order valence-corrected chi connectivity index (χ3v) is 4.40. The van der Waals surface area contributed by atoms with Gasteiger partial charge in [-0.05, 0) is 59.7 Å². The molecule has 1 heterocycles. The summed E-state index contributed by atoms with van der Waals surface area (Å²) >= 11 is 0. The van der Waals surface area contributed by atoms with Gasteiger partial charge in [-0.25, -0.2) is 4.99 Å². The van der Waals surface area contributed by atoms with E-state index in [-0.39, 0.29) is 5.56 Å². The smallest absolute Gasteiger partial charge is 0.152 e. The Kier molecular flexibility index (Phi) is 5.43. The number of benzene rings is 2. The van der Waals surface area contributed by atoms with E-state index in [1.807, 2.05) is 48.5 Å². The summed E-state index contributed by atoms with van der Waals surface area (Å²) in [5.41, 5.74) is 2.86. The number of nitriles is 2. The van der Waals surface area contributed by atoms with Gasteiger partial charge < -0.3 is 14.0 Å². The van der Waals surface area contributed by atoms with Crippen LogP contribution in [0.4, 0.5) is 5.82 Å². The van der Waals surface area contributed by atoms with Crippen LogP contribution in [0.25, 0.3) is 11.3 Å². The molecule has 3 rings (SSSR count). The Morgan fingerprint density at radius 1 is 0.857 bits per heavy atom. The Morgan fingerprint density at radius 2 is 1.39 bits per heavy atom. The molecule has 0 aliphatic heterocycles. The van der Waals surface area contributed by atoms with Crippen LogP contribution in [0, 0.1) is 22.7 Å². The second-order valence-electron chi connectivity index (χ2n) is 5.96. The summed E-state index contributed by atoms with van der Waals surface area (Å²) in [5.74, 6) is 1.90. The van der Waals surface area contributed by atoms with Gasteiger partial charge in [0.2, 0.25) is 0 Å². The van der Waals surface area contributed by atoms with Crippen molar-refractivity contribution in [2.75, 3.05) is 14.2 Å². The van der Waals surface area contributed by atoms with Gasteiger partial charge >= 0.3 is 0 Å². The third kappa shape index (κ3) is 3.44. The summed E-state index contributed by atoms with van der Waals surface area (Å²) in [5, 5.41) is 19.3. The molecule has 0 radical (unpaired) electrons. The van der Waals surface area contributed by atoms with Gasteiger partial charge in [0.1, 0.15) is 29.2 Å². The molecule has 0 spiro atoms. The Labute approximate surface area is 163 Å². The molecular formula is C22H18N4O2. The van der Waals surface area contributed by atoms with Crippen molar-refractivity contribution in [2.24, 2.45) is 12.0 Å². The maximum Gasteiger partial charge on any atom is 0.152 e. The van der Waals surface area contributed by atoms with Gasteiger partial charge in [-0.3, -0.25) is 0 Å². The van der Waals surface area contributed by atoms with Crippen molar-refractivity contribution in [1.29, 1.82) is 10.5 Å². The topological polar surface area (TPSA) is 83.3 Å². The average Bonchev–Trinajstić information content (AvgIpc) is 3.03. The number of aliphatic imine (C=N–C) groups is 1. The molecule has 3 aromatic rings. The Bertz CT molecular complexity index is 1100. The number of ether oxygens (including phenoxy) is 2. The Balaban J connectivity index is 2.08. The molecule has 0 atom stereocenters. The minimum absolute atomic E-state index is 0.251. The maximum atomic E-state index is 9.67.